The second-order valence-electron chi connectivity index (χ2n) is 6.00. The molecule has 0 fully saturated rings. The van der Waals surface area contributed by atoms with Crippen LogP contribution < -0.4 is 0 Å². The van der Waals surface area contributed by atoms with Gasteiger partial charge in [-0.05, 0) is 35.7 Å². The van der Waals surface area contributed by atoms with Crippen LogP contribution in [0.15, 0.2) is 54.0 Å². The number of pyridine rings is 1. The molecule has 3 aromatic rings. The van der Waals surface area contributed by atoms with Crippen LogP contribution >= 0.6 is 11.3 Å². The molecule has 24 heavy (non-hydrogen) atoms. The van der Waals surface area contributed by atoms with Gasteiger partial charge in [0.15, 0.2) is 0 Å². The zero-order valence-corrected chi connectivity index (χ0v) is 14.6. The number of aromatic nitrogens is 1. The summed E-state index contributed by atoms with van der Waals surface area (Å²) in [6.07, 6.45) is 1.40. The van der Waals surface area contributed by atoms with Crippen LogP contribution in [0.25, 0.3) is 10.2 Å². The predicted octanol–water partition coefficient (Wildman–Crippen LogP) is 3.31. The third-order valence-corrected chi connectivity index (χ3v) is 4.61. The fourth-order valence-corrected chi connectivity index (χ4v) is 3.45. The molecule has 0 saturated carbocycles. The standard InChI is InChI=1S/C19H22N2O2S/c1-21(11-16-9-19-18(20-10-16)7-8-24-19)12-17(22)14-23-13-15-5-3-2-4-6-15/h2-10,17,22H,11-14H2,1H3. The van der Waals surface area contributed by atoms with Crippen molar-refractivity contribution in [1.29, 1.82) is 0 Å². The Balaban J connectivity index is 1.42. The number of likely N-dealkylation sites (N-methyl/N-ethyl adjacent to an activating group) is 1. The summed E-state index contributed by atoms with van der Waals surface area (Å²) < 4.78 is 6.79. The van der Waals surface area contributed by atoms with Gasteiger partial charge in [0, 0.05) is 19.3 Å². The molecule has 3 rings (SSSR count). The lowest BCUT2D eigenvalue weighted by atomic mass is 10.2. The van der Waals surface area contributed by atoms with Crippen molar-refractivity contribution in [3.63, 3.8) is 0 Å². The van der Waals surface area contributed by atoms with Gasteiger partial charge < -0.3 is 9.84 Å². The molecule has 5 heteroatoms. The van der Waals surface area contributed by atoms with E-state index in [4.69, 9.17) is 4.74 Å². The highest BCUT2D eigenvalue weighted by molar-refractivity contribution is 7.17. The van der Waals surface area contributed by atoms with Crippen LogP contribution in [-0.2, 0) is 17.9 Å². The van der Waals surface area contributed by atoms with Crippen molar-refractivity contribution in [3.8, 4) is 0 Å². The van der Waals surface area contributed by atoms with Crippen molar-refractivity contribution >= 4 is 21.6 Å². The van der Waals surface area contributed by atoms with Gasteiger partial charge in [0.2, 0.25) is 0 Å². The zero-order chi connectivity index (χ0) is 16.8. The van der Waals surface area contributed by atoms with Crippen LogP contribution in [0, 0.1) is 0 Å². The maximum absolute atomic E-state index is 10.1. The van der Waals surface area contributed by atoms with E-state index in [0.29, 0.717) is 19.8 Å². The minimum absolute atomic E-state index is 0.335. The SMILES string of the molecule is CN(Cc1cnc2ccsc2c1)CC(O)COCc1ccccc1. The van der Waals surface area contributed by atoms with E-state index in [-0.39, 0.29) is 0 Å². The Bertz CT molecular complexity index is 760. The molecule has 0 radical (unpaired) electrons. The van der Waals surface area contributed by atoms with Crippen molar-refractivity contribution in [2.45, 2.75) is 19.3 Å². The van der Waals surface area contributed by atoms with Crippen molar-refractivity contribution < 1.29 is 9.84 Å². The Morgan fingerprint density at radius 1 is 1.21 bits per heavy atom. The lowest BCUT2D eigenvalue weighted by Crippen LogP contribution is -2.31. The van der Waals surface area contributed by atoms with Crippen LogP contribution in [0.5, 0.6) is 0 Å². The van der Waals surface area contributed by atoms with E-state index in [0.717, 1.165) is 23.2 Å². The summed E-state index contributed by atoms with van der Waals surface area (Å²) in [6, 6.07) is 14.2. The molecule has 0 aliphatic carbocycles. The molecule has 1 N–H and O–H groups in total. The Hall–Kier alpha value is -1.79. The van der Waals surface area contributed by atoms with Gasteiger partial charge >= 0.3 is 0 Å². The van der Waals surface area contributed by atoms with E-state index in [1.807, 2.05) is 49.6 Å². The minimum Gasteiger partial charge on any atom is -0.389 e. The van der Waals surface area contributed by atoms with Crippen molar-refractivity contribution in [2.24, 2.45) is 0 Å². The number of ether oxygens (including phenoxy) is 1. The number of aliphatic hydroxyl groups excluding tert-OH is 1. The second-order valence-corrected chi connectivity index (χ2v) is 6.95. The summed E-state index contributed by atoms with van der Waals surface area (Å²) in [7, 11) is 2.00. The molecule has 0 spiro atoms. The van der Waals surface area contributed by atoms with Crippen molar-refractivity contribution in [3.05, 3.63) is 65.2 Å². The zero-order valence-electron chi connectivity index (χ0n) is 13.8. The topological polar surface area (TPSA) is 45.6 Å². The predicted molar refractivity (Wildman–Crippen MR) is 98.1 cm³/mol. The number of rotatable bonds is 8. The molecular formula is C19H22N2O2S. The van der Waals surface area contributed by atoms with Crippen LogP contribution in [0.1, 0.15) is 11.1 Å². The van der Waals surface area contributed by atoms with E-state index in [2.05, 4.69) is 21.3 Å². The average Bonchev–Trinajstić information content (AvgIpc) is 3.03. The first-order valence-electron chi connectivity index (χ1n) is 8.01. The van der Waals surface area contributed by atoms with Crippen LogP contribution in [-0.4, -0.2) is 41.3 Å². The first-order valence-corrected chi connectivity index (χ1v) is 8.89. The number of fused-ring (bicyclic) bond motifs is 1. The van der Waals surface area contributed by atoms with E-state index >= 15 is 0 Å². The summed E-state index contributed by atoms with van der Waals surface area (Å²) in [5.74, 6) is 0. The normalized spacial score (nSPS) is 12.8. The van der Waals surface area contributed by atoms with Crippen LogP contribution in [0.4, 0.5) is 0 Å². The van der Waals surface area contributed by atoms with Crippen molar-refractivity contribution in [2.75, 3.05) is 20.2 Å². The van der Waals surface area contributed by atoms with Crippen molar-refractivity contribution in [1.82, 2.24) is 9.88 Å². The van der Waals surface area contributed by atoms with Gasteiger partial charge in [0.05, 0.1) is 29.5 Å². The molecule has 0 amide bonds. The number of benzene rings is 1. The monoisotopic (exact) mass is 342 g/mol. The van der Waals surface area contributed by atoms with Gasteiger partial charge in [-0.3, -0.25) is 9.88 Å². The van der Waals surface area contributed by atoms with Gasteiger partial charge in [-0.15, -0.1) is 11.3 Å². The summed E-state index contributed by atoms with van der Waals surface area (Å²) in [4.78, 5) is 6.54. The van der Waals surface area contributed by atoms with Gasteiger partial charge in [-0.1, -0.05) is 30.3 Å². The highest BCUT2D eigenvalue weighted by Crippen LogP contribution is 2.20. The summed E-state index contributed by atoms with van der Waals surface area (Å²) in [5.41, 5.74) is 3.32. The lowest BCUT2D eigenvalue weighted by Gasteiger charge is -2.20. The molecule has 2 aromatic heterocycles. The molecule has 4 nitrogen and oxygen atoms in total. The largest absolute Gasteiger partial charge is 0.389 e. The van der Waals surface area contributed by atoms with Gasteiger partial charge in [0.25, 0.3) is 0 Å². The Morgan fingerprint density at radius 3 is 2.88 bits per heavy atom. The Morgan fingerprint density at radius 2 is 2.04 bits per heavy atom. The number of hydrogen-bond donors (Lipinski definition) is 1. The molecule has 126 valence electrons. The highest BCUT2D eigenvalue weighted by Gasteiger charge is 2.10. The smallest absolute Gasteiger partial charge is 0.0900 e. The number of nitrogens with zero attached hydrogens (tertiary/aromatic N) is 2. The highest BCUT2D eigenvalue weighted by atomic mass is 32.1. The first kappa shape index (κ1) is 17.0. The number of thiophene rings is 1. The molecule has 1 atom stereocenters. The van der Waals surface area contributed by atoms with E-state index < -0.39 is 6.10 Å². The van der Waals surface area contributed by atoms with Gasteiger partial charge in [0.1, 0.15) is 0 Å². The van der Waals surface area contributed by atoms with Gasteiger partial charge in [-0.2, -0.15) is 0 Å². The maximum Gasteiger partial charge on any atom is 0.0900 e. The van der Waals surface area contributed by atoms with E-state index in [9.17, 15) is 5.11 Å². The average molecular weight is 342 g/mol. The molecule has 1 aromatic carbocycles. The summed E-state index contributed by atoms with van der Waals surface area (Å²) in [5, 5.41) is 12.2. The maximum atomic E-state index is 10.1. The van der Waals surface area contributed by atoms with E-state index in [1.165, 1.54) is 4.70 Å². The summed E-state index contributed by atoms with van der Waals surface area (Å²) >= 11 is 1.70. The number of aliphatic hydroxyl groups is 1. The third kappa shape index (κ3) is 4.85. The third-order valence-electron chi connectivity index (χ3n) is 3.76. The quantitative estimate of drug-likeness (QED) is 0.682. The molecular weight excluding hydrogens is 320 g/mol. The minimum atomic E-state index is -0.503. The molecule has 0 aliphatic rings. The molecule has 0 aliphatic heterocycles. The number of hydrogen-bond acceptors (Lipinski definition) is 5. The first-order chi connectivity index (χ1) is 11.7. The fraction of sp³-hybridized carbons (Fsp3) is 0.316. The molecule has 1 unspecified atom stereocenters. The van der Waals surface area contributed by atoms with Crippen LogP contribution in [0.3, 0.4) is 0 Å². The molecule has 2 heterocycles. The fourth-order valence-electron chi connectivity index (χ4n) is 2.65. The second kappa shape index (κ2) is 8.35. The van der Waals surface area contributed by atoms with E-state index in [1.54, 1.807) is 11.3 Å². The molecule has 0 saturated heterocycles. The van der Waals surface area contributed by atoms with Gasteiger partial charge in [-0.25, -0.2) is 0 Å². The van der Waals surface area contributed by atoms with Crippen LogP contribution in [0.2, 0.25) is 0 Å². The lowest BCUT2D eigenvalue weighted by molar-refractivity contribution is 0.0127. The Labute approximate surface area is 146 Å². The molecule has 0 bridgehead atoms. The Kier molecular flexibility index (Phi) is 5.93. The summed E-state index contributed by atoms with van der Waals surface area (Å²) in [6.45, 7) is 2.19.